The third-order valence-corrected chi connectivity index (χ3v) is 4.28. The van der Waals surface area contributed by atoms with Gasteiger partial charge in [0.15, 0.2) is 0 Å². The maximum absolute atomic E-state index is 9.34. The summed E-state index contributed by atoms with van der Waals surface area (Å²) in [6, 6.07) is 12.5. The van der Waals surface area contributed by atoms with Gasteiger partial charge in [0, 0.05) is 26.6 Å². The van der Waals surface area contributed by atoms with Crippen LogP contribution >= 0.6 is 11.3 Å². The molecule has 2 aliphatic carbocycles. The van der Waals surface area contributed by atoms with E-state index < -0.39 is 0 Å². The molecule has 1 heterocycles. The maximum atomic E-state index is 9.34. The minimum absolute atomic E-state index is 0.821. The zero-order valence-corrected chi connectivity index (χ0v) is 10.3. The van der Waals surface area contributed by atoms with Gasteiger partial charge in [0.05, 0.1) is 5.56 Å². The molecule has 0 saturated carbocycles. The van der Waals surface area contributed by atoms with Crippen molar-refractivity contribution in [2.45, 2.75) is 13.3 Å². The highest BCUT2D eigenvalue weighted by molar-refractivity contribution is 7.11. The molecule has 0 bridgehead atoms. The number of hydrogen-bond acceptors (Lipinski definition) is 2. The zero-order chi connectivity index (χ0) is 11.8. The third kappa shape index (κ3) is 1.36. The molecule has 2 heteroatoms. The molecule has 17 heavy (non-hydrogen) atoms. The minimum Gasteiger partial charge on any atom is -0.192 e. The van der Waals surface area contributed by atoms with Crippen LogP contribution in [0.3, 0.4) is 0 Å². The maximum Gasteiger partial charge on any atom is 0.100 e. The number of thiophene rings is 1. The van der Waals surface area contributed by atoms with Gasteiger partial charge >= 0.3 is 0 Å². The van der Waals surface area contributed by atoms with Crippen molar-refractivity contribution in [1.29, 1.82) is 5.26 Å². The molecule has 3 rings (SSSR count). The second kappa shape index (κ2) is 3.87. The van der Waals surface area contributed by atoms with E-state index in [1.807, 2.05) is 24.3 Å². The van der Waals surface area contributed by atoms with Crippen molar-refractivity contribution in [2.75, 3.05) is 0 Å². The Morgan fingerprint density at radius 1 is 1.18 bits per heavy atom. The van der Waals surface area contributed by atoms with Crippen molar-refractivity contribution in [3.8, 4) is 17.2 Å². The van der Waals surface area contributed by atoms with Crippen molar-refractivity contribution < 1.29 is 0 Å². The van der Waals surface area contributed by atoms with E-state index in [1.54, 1.807) is 11.3 Å². The number of nitriles is 1. The van der Waals surface area contributed by atoms with Crippen LogP contribution in [0, 0.1) is 11.3 Å². The average Bonchev–Trinajstić information content (AvgIpc) is 2.78. The van der Waals surface area contributed by atoms with Crippen LogP contribution in [0.4, 0.5) is 0 Å². The molecular formula is C15H11NS. The number of fused-ring (bicyclic) bond motifs is 3. The van der Waals surface area contributed by atoms with Gasteiger partial charge in [0.1, 0.15) is 6.07 Å². The van der Waals surface area contributed by atoms with E-state index in [1.165, 1.54) is 15.8 Å². The summed E-state index contributed by atoms with van der Waals surface area (Å²) < 4.78 is 0. The summed E-state index contributed by atoms with van der Waals surface area (Å²) in [5.74, 6) is 0. The summed E-state index contributed by atoms with van der Waals surface area (Å²) >= 11 is 1.76. The molecule has 0 N–H and O–H groups in total. The molecule has 0 radical (unpaired) electrons. The van der Waals surface area contributed by atoms with Crippen molar-refractivity contribution in [1.82, 2.24) is 0 Å². The second-order valence-electron chi connectivity index (χ2n) is 4.03. The van der Waals surface area contributed by atoms with Crippen molar-refractivity contribution >= 4 is 22.1 Å². The Hall–Kier alpha value is -1.85. The minimum atomic E-state index is 0.821. The SMILES string of the molecule is CCc1scc2c(C#N)c3cccccc-3c12. The Morgan fingerprint density at radius 2 is 1.94 bits per heavy atom. The first-order valence-corrected chi connectivity index (χ1v) is 6.55. The highest BCUT2D eigenvalue weighted by Gasteiger charge is 2.19. The highest BCUT2D eigenvalue weighted by Crippen LogP contribution is 2.42. The van der Waals surface area contributed by atoms with Gasteiger partial charge in [-0.05, 0) is 12.0 Å². The molecule has 1 nitrogen and oxygen atoms in total. The molecule has 0 unspecified atom stereocenters. The average molecular weight is 237 g/mol. The van der Waals surface area contributed by atoms with E-state index in [4.69, 9.17) is 0 Å². The van der Waals surface area contributed by atoms with Gasteiger partial charge in [-0.15, -0.1) is 11.3 Å². The van der Waals surface area contributed by atoms with Crippen LogP contribution in [-0.2, 0) is 6.42 Å². The Balaban J connectivity index is 2.55. The van der Waals surface area contributed by atoms with Gasteiger partial charge in [-0.25, -0.2) is 0 Å². The van der Waals surface area contributed by atoms with E-state index in [-0.39, 0.29) is 0 Å². The van der Waals surface area contributed by atoms with Crippen molar-refractivity contribution in [3.05, 3.63) is 46.2 Å². The fourth-order valence-corrected chi connectivity index (χ4v) is 3.39. The van der Waals surface area contributed by atoms with Gasteiger partial charge in [-0.2, -0.15) is 5.26 Å². The molecule has 2 aliphatic rings. The lowest BCUT2D eigenvalue weighted by atomic mass is 10.1. The molecular weight excluding hydrogens is 226 g/mol. The van der Waals surface area contributed by atoms with Crippen LogP contribution in [-0.4, -0.2) is 0 Å². The van der Waals surface area contributed by atoms with Crippen LogP contribution in [0.25, 0.3) is 21.9 Å². The van der Waals surface area contributed by atoms with Crippen molar-refractivity contribution in [3.63, 3.8) is 0 Å². The summed E-state index contributed by atoms with van der Waals surface area (Å²) in [7, 11) is 0. The van der Waals surface area contributed by atoms with E-state index >= 15 is 0 Å². The third-order valence-electron chi connectivity index (χ3n) is 3.15. The predicted molar refractivity (Wildman–Crippen MR) is 72.5 cm³/mol. The number of nitrogens with zero attached hydrogens (tertiary/aromatic N) is 1. The highest BCUT2D eigenvalue weighted by atomic mass is 32.1. The molecule has 0 atom stereocenters. The number of aryl methyl sites for hydroxylation is 1. The molecule has 1 aromatic rings. The fourth-order valence-electron chi connectivity index (χ4n) is 2.39. The van der Waals surface area contributed by atoms with Gasteiger partial charge < -0.3 is 0 Å². The number of hydrogen-bond donors (Lipinski definition) is 0. The molecule has 0 saturated heterocycles. The zero-order valence-electron chi connectivity index (χ0n) is 9.53. The Labute approximate surface area is 104 Å². The Kier molecular flexibility index (Phi) is 2.35. The second-order valence-corrected chi connectivity index (χ2v) is 4.99. The smallest absolute Gasteiger partial charge is 0.100 e. The van der Waals surface area contributed by atoms with Crippen LogP contribution in [0.5, 0.6) is 0 Å². The lowest BCUT2D eigenvalue weighted by molar-refractivity contribution is 1.20. The summed E-state index contributed by atoms with van der Waals surface area (Å²) in [6.45, 7) is 2.17. The van der Waals surface area contributed by atoms with E-state index in [0.717, 1.165) is 22.9 Å². The predicted octanol–water partition coefficient (Wildman–Crippen LogP) is 4.44. The fraction of sp³-hybridized carbons (Fsp3) is 0.133. The van der Waals surface area contributed by atoms with Crippen LogP contribution < -0.4 is 0 Å². The molecule has 1 aromatic heterocycles. The quantitative estimate of drug-likeness (QED) is 0.613. The molecule has 0 aromatic carbocycles. The molecule has 0 spiro atoms. The first-order chi connectivity index (χ1) is 8.36. The molecule has 0 amide bonds. The number of rotatable bonds is 1. The molecule has 0 fully saturated rings. The Morgan fingerprint density at radius 3 is 2.65 bits per heavy atom. The molecule has 82 valence electrons. The van der Waals surface area contributed by atoms with Crippen molar-refractivity contribution in [2.24, 2.45) is 0 Å². The van der Waals surface area contributed by atoms with E-state index in [2.05, 4.69) is 24.4 Å². The topological polar surface area (TPSA) is 23.8 Å². The van der Waals surface area contributed by atoms with Crippen LogP contribution in [0.15, 0.2) is 35.7 Å². The first-order valence-electron chi connectivity index (χ1n) is 5.67. The standard InChI is InChI=1S/C15H11NS/c1-2-14-15-11-7-5-3-4-6-10(11)12(8-16)13(15)9-17-14/h3-7,9H,2H2,1H3. The lowest BCUT2D eigenvalue weighted by Gasteiger charge is -1.95. The largest absolute Gasteiger partial charge is 0.192 e. The normalized spacial score (nSPS) is 10.8. The lowest BCUT2D eigenvalue weighted by Crippen LogP contribution is -1.74. The van der Waals surface area contributed by atoms with Gasteiger partial charge in [0.2, 0.25) is 0 Å². The summed E-state index contributed by atoms with van der Waals surface area (Å²) in [6.07, 6.45) is 1.02. The first kappa shape index (κ1) is 10.3. The van der Waals surface area contributed by atoms with Crippen LogP contribution in [0.2, 0.25) is 0 Å². The van der Waals surface area contributed by atoms with Gasteiger partial charge in [-0.3, -0.25) is 0 Å². The molecule has 0 aliphatic heterocycles. The van der Waals surface area contributed by atoms with Gasteiger partial charge in [-0.1, -0.05) is 37.3 Å². The van der Waals surface area contributed by atoms with E-state index in [9.17, 15) is 5.26 Å². The van der Waals surface area contributed by atoms with E-state index in [0.29, 0.717) is 0 Å². The summed E-state index contributed by atoms with van der Waals surface area (Å²) in [4.78, 5) is 1.37. The monoisotopic (exact) mass is 237 g/mol. The Bertz CT molecular complexity index is 703. The summed E-state index contributed by atoms with van der Waals surface area (Å²) in [5, 5.41) is 13.9. The summed E-state index contributed by atoms with van der Waals surface area (Å²) in [5.41, 5.74) is 3.10. The van der Waals surface area contributed by atoms with Gasteiger partial charge in [0.25, 0.3) is 0 Å². The van der Waals surface area contributed by atoms with Crippen LogP contribution in [0.1, 0.15) is 17.4 Å².